The van der Waals surface area contributed by atoms with Gasteiger partial charge in [-0.1, -0.05) is 43.0 Å². The van der Waals surface area contributed by atoms with Gasteiger partial charge in [0.25, 0.3) is 0 Å². The molecule has 0 amide bonds. The molecule has 3 rings (SSSR count). The van der Waals surface area contributed by atoms with Crippen molar-refractivity contribution in [3.63, 3.8) is 0 Å². The summed E-state index contributed by atoms with van der Waals surface area (Å²) >= 11 is 7.28. The minimum Gasteiger partial charge on any atom is -0.493 e. The molecule has 0 aliphatic heterocycles. The number of hydrogen-bond acceptors (Lipinski definition) is 5. The van der Waals surface area contributed by atoms with Crippen molar-refractivity contribution >= 4 is 34.9 Å². The van der Waals surface area contributed by atoms with Crippen molar-refractivity contribution in [1.82, 2.24) is 0 Å². The minimum absolute atomic E-state index is 0.0908. The summed E-state index contributed by atoms with van der Waals surface area (Å²) in [6.07, 6.45) is 6.15. The van der Waals surface area contributed by atoms with Gasteiger partial charge in [0, 0.05) is 0 Å². The fourth-order valence-electron chi connectivity index (χ4n) is 3.28. The molecular formula is C20H21ClO6S. The summed E-state index contributed by atoms with van der Waals surface area (Å²) in [4.78, 5) is 22.6. The molecule has 0 unspecified atom stereocenters. The highest BCUT2D eigenvalue weighted by atomic mass is 35.5. The molecule has 8 heteroatoms. The van der Waals surface area contributed by atoms with E-state index in [1.807, 2.05) is 18.2 Å². The van der Waals surface area contributed by atoms with Crippen molar-refractivity contribution in [2.24, 2.45) is 5.92 Å². The largest absolute Gasteiger partial charge is 0.493 e. The van der Waals surface area contributed by atoms with Crippen LogP contribution in [-0.4, -0.2) is 35.4 Å². The zero-order valence-corrected chi connectivity index (χ0v) is 16.7. The highest BCUT2D eigenvalue weighted by Crippen LogP contribution is 2.46. The quantitative estimate of drug-likeness (QED) is 0.605. The summed E-state index contributed by atoms with van der Waals surface area (Å²) in [5, 5.41) is 18.3. The predicted molar refractivity (Wildman–Crippen MR) is 107 cm³/mol. The Morgan fingerprint density at radius 3 is 2.57 bits per heavy atom. The lowest BCUT2D eigenvalue weighted by Crippen LogP contribution is -2.15. The van der Waals surface area contributed by atoms with Gasteiger partial charge in [-0.25, -0.2) is 9.59 Å². The molecule has 1 aliphatic carbocycles. The van der Waals surface area contributed by atoms with Crippen molar-refractivity contribution < 1.29 is 29.3 Å². The van der Waals surface area contributed by atoms with Crippen LogP contribution in [0.5, 0.6) is 11.5 Å². The molecule has 150 valence electrons. The van der Waals surface area contributed by atoms with Crippen LogP contribution in [0.2, 0.25) is 5.02 Å². The van der Waals surface area contributed by atoms with Gasteiger partial charge in [-0.05, 0) is 36.5 Å². The van der Waals surface area contributed by atoms with Gasteiger partial charge in [0.15, 0.2) is 17.2 Å². The summed E-state index contributed by atoms with van der Waals surface area (Å²) in [6.45, 7) is -0.00428. The van der Waals surface area contributed by atoms with Crippen molar-refractivity contribution in [1.29, 1.82) is 0 Å². The summed E-state index contributed by atoms with van der Waals surface area (Å²) in [7, 11) is 0. The Morgan fingerprint density at radius 2 is 1.89 bits per heavy atom. The molecule has 0 atom stereocenters. The molecule has 1 saturated carbocycles. The third-order valence-corrected chi connectivity index (χ3v) is 6.33. The van der Waals surface area contributed by atoms with Gasteiger partial charge in [-0.3, -0.25) is 0 Å². The number of carboxylic acids is 2. The predicted octanol–water partition coefficient (Wildman–Crippen LogP) is 5.19. The Kier molecular flexibility index (Phi) is 6.80. The first-order chi connectivity index (χ1) is 13.5. The van der Waals surface area contributed by atoms with Crippen LogP contribution < -0.4 is 9.47 Å². The second-order valence-corrected chi connectivity index (χ2v) is 8.13. The lowest BCUT2D eigenvalue weighted by Gasteiger charge is -2.21. The number of rotatable bonds is 8. The van der Waals surface area contributed by atoms with Crippen LogP contribution in [-0.2, 0) is 4.79 Å². The SMILES string of the molecule is O=C(O)COc1c(C(=O)O)sc(-c2cccc(OCC3CCCCC3)c2)c1Cl. The van der Waals surface area contributed by atoms with Crippen LogP contribution in [0.15, 0.2) is 24.3 Å². The van der Waals surface area contributed by atoms with Gasteiger partial charge < -0.3 is 19.7 Å². The number of carboxylic acid groups (broad SMARTS) is 2. The molecule has 0 bridgehead atoms. The standard InChI is InChI=1S/C20H21ClO6S/c21-16-17(27-11-15(22)23)19(20(24)25)28-18(16)13-7-4-8-14(9-13)26-10-12-5-2-1-3-6-12/h4,7-9,12H,1-3,5-6,10-11H2,(H,22,23)(H,24,25). The Balaban J connectivity index is 1.81. The number of carbonyl (C=O) groups is 2. The second kappa shape index (κ2) is 9.30. The van der Waals surface area contributed by atoms with E-state index < -0.39 is 18.5 Å². The fourth-order valence-corrected chi connectivity index (χ4v) is 4.68. The van der Waals surface area contributed by atoms with Crippen molar-refractivity contribution in [3.8, 4) is 21.9 Å². The van der Waals surface area contributed by atoms with Crippen molar-refractivity contribution in [3.05, 3.63) is 34.2 Å². The van der Waals surface area contributed by atoms with Crippen LogP contribution in [0, 0.1) is 5.92 Å². The van der Waals surface area contributed by atoms with Gasteiger partial charge in [0.2, 0.25) is 0 Å². The van der Waals surface area contributed by atoms with Crippen LogP contribution in [0.3, 0.4) is 0 Å². The average Bonchev–Trinajstić information content (AvgIpc) is 3.02. The molecule has 0 spiro atoms. The lowest BCUT2D eigenvalue weighted by molar-refractivity contribution is -0.139. The smallest absolute Gasteiger partial charge is 0.349 e. The number of halogens is 1. The van der Waals surface area contributed by atoms with E-state index in [-0.39, 0.29) is 15.6 Å². The number of aliphatic carboxylic acids is 1. The molecule has 0 saturated heterocycles. The van der Waals surface area contributed by atoms with E-state index in [0.29, 0.717) is 28.7 Å². The van der Waals surface area contributed by atoms with Crippen molar-refractivity contribution in [2.45, 2.75) is 32.1 Å². The average molecular weight is 425 g/mol. The Bertz CT molecular complexity index is 856. The first-order valence-corrected chi connectivity index (χ1v) is 10.3. The number of thiophene rings is 1. The highest BCUT2D eigenvalue weighted by Gasteiger charge is 2.25. The summed E-state index contributed by atoms with van der Waals surface area (Å²) < 4.78 is 11.1. The Morgan fingerprint density at radius 1 is 1.14 bits per heavy atom. The molecule has 0 radical (unpaired) electrons. The first-order valence-electron chi connectivity index (χ1n) is 9.09. The monoisotopic (exact) mass is 424 g/mol. The van der Waals surface area contributed by atoms with Gasteiger partial charge in [-0.2, -0.15) is 0 Å². The fraction of sp³-hybridized carbons (Fsp3) is 0.400. The third kappa shape index (κ3) is 4.97. The molecule has 1 aromatic heterocycles. The van der Waals surface area contributed by atoms with E-state index in [4.69, 9.17) is 26.2 Å². The molecule has 1 aromatic carbocycles. The maximum atomic E-state index is 11.5. The second-order valence-electron chi connectivity index (χ2n) is 6.73. The van der Waals surface area contributed by atoms with E-state index in [0.717, 1.165) is 11.3 Å². The van der Waals surface area contributed by atoms with Gasteiger partial charge in [-0.15, -0.1) is 11.3 Å². The molecule has 2 N–H and O–H groups in total. The number of benzene rings is 1. The topological polar surface area (TPSA) is 93.1 Å². The van der Waals surface area contributed by atoms with E-state index in [1.165, 1.54) is 32.1 Å². The van der Waals surface area contributed by atoms with Crippen LogP contribution >= 0.6 is 22.9 Å². The zero-order valence-electron chi connectivity index (χ0n) is 15.2. The number of hydrogen-bond donors (Lipinski definition) is 2. The Hall–Kier alpha value is -2.25. The summed E-state index contributed by atoms with van der Waals surface area (Å²) in [5.74, 6) is -1.29. The summed E-state index contributed by atoms with van der Waals surface area (Å²) in [5.41, 5.74) is 0.698. The number of ether oxygens (including phenoxy) is 2. The van der Waals surface area contributed by atoms with Gasteiger partial charge in [0.1, 0.15) is 10.8 Å². The van der Waals surface area contributed by atoms with E-state index >= 15 is 0 Å². The van der Waals surface area contributed by atoms with E-state index in [9.17, 15) is 14.7 Å². The summed E-state index contributed by atoms with van der Waals surface area (Å²) in [6, 6.07) is 7.29. The van der Waals surface area contributed by atoms with Crippen molar-refractivity contribution in [2.75, 3.05) is 13.2 Å². The normalized spacial score (nSPS) is 14.6. The maximum absolute atomic E-state index is 11.5. The van der Waals surface area contributed by atoms with E-state index in [2.05, 4.69) is 0 Å². The minimum atomic E-state index is -1.22. The lowest BCUT2D eigenvalue weighted by atomic mass is 9.90. The van der Waals surface area contributed by atoms with Crippen LogP contribution in [0.4, 0.5) is 0 Å². The molecule has 1 aliphatic rings. The highest BCUT2D eigenvalue weighted by molar-refractivity contribution is 7.18. The zero-order chi connectivity index (χ0) is 20.1. The Labute approximate surface area is 171 Å². The van der Waals surface area contributed by atoms with Crippen LogP contribution in [0.1, 0.15) is 41.8 Å². The maximum Gasteiger partial charge on any atom is 0.349 e. The number of aromatic carboxylic acids is 1. The third-order valence-electron chi connectivity index (χ3n) is 4.65. The van der Waals surface area contributed by atoms with E-state index in [1.54, 1.807) is 6.07 Å². The molecule has 1 fully saturated rings. The molecule has 1 heterocycles. The van der Waals surface area contributed by atoms with Gasteiger partial charge in [0.05, 0.1) is 11.5 Å². The van der Waals surface area contributed by atoms with Crippen LogP contribution in [0.25, 0.3) is 10.4 Å². The molecule has 2 aromatic rings. The molecule has 6 nitrogen and oxygen atoms in total. The van der Waals surface area contributed by atoms with Gasteiger partial charge >= 0.3 is 11.9 Å². The first kappa shape index (κ1) is 20.5. The molecule has 28 heavy (non-hydrogen) atoms. The molecular weight excluding hydrogens is 404 g/mol.